The SMILES string of the molecule is CC(NCc1ccccc1Br)c1nc2ccccc2n1C. The van der Waals surface area contributed by atoms with Crippen molar-refractivity contribution in [1.82, 2.24) is 14.9 Å². The third-order valence-corrected chi connectivity index (χ3v) is 4.54. The molecule has 3 rings (SSSR count). The fraction of sp³-hybridized carbons (Fsp3) is 0.235. The Morgan fingerprint density at radius 1 is 1.14 bits per heavy atom. The van der Waals surface area contributed by atoms with Crippen LogP contribution in [0.25, 0.3) is 11.0 Å². The van der Waals surface area contributed by atoms with Crippen molar-refractivity contribution in [2.45, 2.75) is 19.5 Å². The van der Waals surface area contributed by atoms with Gasteiger partial charge in [-0.25, -0.2) is 4.98 Å². The molecule has 1 atom stereocenters. The minimum Gasteiger partial charge on any atom is -0.330 e. The maximum Gasteiger partial charge on any atom is 0.126 e. The van der Waals surface area contributed by atoms with Gasteiger partial charge in [-0.1, -0.05) is 46.3 Å². The topological polar surface area (TPSA) is 29.9 Å². The number of fused-ring (bicyclic) bond motifs is 1. The van der Waals surface area contributed by atoms with E-state index in [1.807, 2.05) is 18.2 Å². The smallest absolute Gasteiger partial charge is 0.126 e. The molecule has 1 N–H and O–H groups in total. The molecule has 1 heterocycles. The average Bonchev–Trinajstić information content (AvgIpc) is 2.84. The van der Waals surface area contributed by atoms with Crippen molar-refractivity contribution in [3.05, 3.63) is 64.4 Å². The van der Waals surface area contributed by atoms with E-state index in [0.29, 0.717) is 0 Å². The molecule has 0 aliphatic rings. The van der Waals surface area contributed by atoms with Crippen LogP contribution in [-0.2, 0) is 13.6 Å². The van der Waals surface area contributed by atoms with Crippen molar-refractivity contribution >= 4 is 27.0 Å². The number of benzene rings is 2. The van der Waals surface area contributed by atoms with E-state index in [1.165, 1.54) is 11.1 Å². The highest BCUT2D eigenvalue weighted by Gasteiger charge is 2.14. The Labute approximate surface area is 133 Å². The molecule has 2 aromatic carbocycles. The van der Waals surface area contributed by atoms with Crippen LogP contribution < -0.4 is 5.32 Å². The minimum atomic E-state index is 0.189. The lowest BCUT2D eigenvalue weighted by Gasteiger charge is -2.14. The summed E-state index contributed by atoms with van der Waals surface area (Å²) in [5.41, 5.74) is 3.47. The molecular formula is C17H18BrN3. The zero-order valence-corrected chi connectivity index (χ0v) is 13.8. The molecule has 3 nitrogen and oxygen atoms in total. The lowest BCUT2D eigenvalue weighted by Crippen LogP contribution is -2.21. The third kappa shape index (κ3) is 2.87. The minimum absolute atomic E-state index is 0.189. The molecule has 0 aliphatic carbocycles. The fourth-order valence-corrected chi connectivity index (χ4v) is 2.97. The molecular weight excluding hydrogens is 326 g/mol. The molecule has 0 bridgehead atoms. The van der Waals surface area contributed by atoms with Gasteiger partial charge < -0.3 is 9.88 Å². The van der Waals surface area contributed by atoms with Crippen LogP contribution in [0, 0.1) is 0 Å². The van der Waals surface area contributed by atoms with Crippen LogP contribution in [0.15, 0.2) is 53.0 Å². The Morgan fingerprint density at radius 3 is 2.62 bits per heavy atom. The van der Waals surface area contributed by atoms with Gasteiger partial charge in [-0.2, -0.15) is 0 Å². The Hall–Kier alpha value is -1.65. The van der Waals surface area contributed by atoms with Gasteiger partial charge in [-0.05, 0) is 30.7 Å². The van der Waals surface area contributed by atoms with Crippen LogP contribution in [0.4, 0.5) is 0 Å². The van der Waals surface area contributed by atoms with E-state index in [1.54, 1.807) is 0 Å². The zero-order valence-electron chi connectivity index (χ0n) is 12.2. The summed E-state index contributed by atoms with van der Waals surface area (Å²) in [5.74, 6) is 1.06. The molecule has 108 valence electrons. The summed E-state index contributed by atoms with van der Waals surface area (Å²) < 4.78 is 3.29. The number of rotatable bonds is 4. The first-order chi connectivity index (χ1) is 10.2. The molecule has 4 heteroatoms. The van der Waals surface area contributed by atoms with Crippen molar-refractivity contribution in [1.29, 1.82) is 0 Å². The molecule has 0 saturated carbocycles. The highest BCUT2D eigenvalue weighted by molar-refractivity contribution is 9.10. The van der Waals surface area contributed by atoms with Gasteiger partial charge in [0.2, 0.25) is 0 Å². The number of imidazole rings is 1. The van der Waals surface area contributed by atoms with Gasteiger partial charge in [-0.3, -0.25) is 0 Å². The van der Waals surface area contributed by atoms with Gasteiger partial charge in [-0.15, -0.1) is 0 Å². The molecule has 0 radical (unpaired) electrons. The monoisotopic (exact) mass is 343 g/mol. The Morgan fingerprint density at radius 2 is 1.86 bits per heavy atom. The maximum absolute atomic E-state index is 4.74. The second-order valence-electron chi connectivity index (χ2n) is 5.21. The van der Waals surface area contributed by atoms with E-state index in [0.717, 1.165) is 22.4 Å². The predicted octanol–water partition coefficient (Wildman–Crippen LogP) is 4.19. The molecule has 0 fully saturated rings. The number of halogens is 1. The molecule has 21 heavy (non-hydrogen) atoms. The summed E-state index contributed by atoms with van der Waals surface area (Å²) in [6.07, 6.45) is 0. The van der Waals surface area contributed by atoms with Gasteiger partial charge in [0, 0.05) is 18.1 Å². The van der Waals surface area contributed by atoms with Crippen molar-refractivity contribution in [3.8, 4) is 0 Å². The lowest BCUT2D eigenvalue weighted by molar-refractivity contribution is 0.532. The number of nitrogens with one attached hydrogen (secondary N) is 1. The second-order valence-corrected chi connectivity index (χ2v) is 6.07. The third-order valence-electron chi connectivity index (χ3n) is 3.77. The van der Waals surface area contributed by atoms with Crippen molar-refractivity contribution < 1.29 is 0 Å². The van der Waals surface area contributed by atoms with E-state index < -0.39 is 0 Å². The van der Waals surface area contributed by atoms with E-state index >= 15 is 0 Å². The summed E-state index contributed by atoms with van der Waals surface area (Å²) in [4.78, 5) is 4.74. The van der Waals surface area contributed by atoms with Crippen LogP contribution in [0.5, 0.6) is 0 Å². The Kier molecular flexibility index (Phi) is 4.08. The fourth-order valence-electron chi connectivity index (χ4n) is 2.55. The van der Waals surface area contributed by atoms with Crippen molar-refractivity contribution in [3.63, 3.8) is 0 Å². The van der Waals surface area contributed by atoms with Gasteiger partial charge >= 0.3 is 0 Å². The summed E-state index contributed by atoms with van der Waals surface area (Å²) >= 11 is 3.58. The lowest BCUT2D eigenvalue weighted by atomic mass is 10.2. The summed E-state index contributed by atoms with van der Waals surface area (Å²) in [7, 11) is 2.07. The summed E-state index contributed by atoms with van der Waals surface area (Å²) in [6.45, 7) is 2.96. The zero-order chi connectivity index (χ0) is 14.8. The quantitative estimate of drug-likeness (QED) is 0.769. The molecule has 0 spiro atoms. The largest absolute Gasteiger partial charge is 0.330 e. The van der Waals surface area contributed by atoms with Crippen LogP contribution in [-0.4, -0.2) is 9.55 Å². The average molecular weight is 344 g/mol. The van der Waals surface area contributed by atoms with Gasteiger partial charge in [0.25, 0.3) is 0 Å². The van der Waals surface area contributed by atoms with Gasteiger partial charge in [0.15, 0.2) is 0 Å². The number of para-hydroxylation sites is 2. The molecule has 1 unspecified atom stereocenters. The number of aromatic nitrogens is 2. The van der Waals surface area contributed by atoms with Crippen LogP contribution in [0.1, 0.15) is 24.4 Å². The normalized spacial score (nSPS) is 12.7. The Balaban J connectivity index is 1.80. The first-order valence-electron chi connectivity index (χ1n) is 7.05. The molecule has 0 aliphatic heterocycles. The molecule has 3 aromatic rings. The molecule has 1 aromatic heterocycles. The van der Waals surface area contributed by atoms with Crippen LogP contribution in [0.3, 0.4) is 0 Å². The van der Waals surface area contributed by atoms with Crippen LogP contribution in [0.2, 0.25) is 0 Å². The molecule has 0 saturated heterocycles. The summed E-state index contributed by atoms with van der Waals surface area (Å²) in [5, 5.41) is 3.54. The summed E-state index contributed by atoms with van der Waals surface area (Å²) in [6, 6.07) is 16.7. The van der Waals surface area contributed by atoms with E-state index in [4.69, 9.17) is 4.98 Å². The molecule has 0 amide bonds. The number of aryl methyl sites for hydroxylation is 1. The van der Waals surface area contributed by atoms with E-state index in [-0.39, 0.29) is 6.04 Å². The number of nitrogens with zero attached hydrogens (tertiary/aromatic N) is 2. The predicted molar refractivity (Wildman–Crippen MR) is 90.1 cm³/mol. The second kappa shape index (κ2) is 6.00. The standard InChI is InChI=1S/C17H18BrN3/c1-12(19-11-13-7-3-4-8-14(13)18)17-20-15-9-5-6-10-16(15)21(17)2/h3-10,12,19H,11H2,1-2H3. The number of hydrogen-bond acceptors (Lipinski definition) is 2. The van der Waals surface area contributed by atoms with Gasteiger partial charge in [0.1, 0.15) is 5.82 Å². The Bertz CT molecular complexity index is 764. The maximum atomic E-state index is 4.74. The highest BCUT2D eigenvalue weighted by Crippen LogP contribution is 2.21. The first-order valence-corrected chi connectivity index (χ1v) is 7.84. The van der Waals surface area contributed by atoms with Crippen molar-refractivity contribution in [2.75, 3.05) is 0 Å². The van der Waals surface area contributed by atoms with E-state index in [9.17, 15) is 0 Å². The number of hydrogen-bond donors (Lipinski definition) is 1. The van der Waals surface area contributed by atoms with Gasteiger partial charge in [0.05, 0.1) is 17.1 Å². The highest BCUT2D eigenvalue weighted by atomic mass is 79.9. The van der Waals surface area contributed by atoms with E-state index in [2.05, 4.69) is 70.1 Å². The van der Waals surface area contributed by atoms with Crippen LogP contribution >= 0.6 is 15.9 Å². The first kappa shape index (κ1) is 14.3. The van der Waals surface area contributed by atoms with Crippen molar-refractivity contribution in [2.24, 2.45) is 7.05 Å².